The molecular formula is C15H22O5. The third-order valence-corrected chi connectivity index (χ3v) is 5.97. The fraction of sp³-hybridized carbons (Fsp3) is 0.933. The van der Waals surface area contributed by atoms with E-state index in [1.165, 1.54) is 0 Å². The summed E-state index contributed by atoms with van der Waals surface area (Å²) in [6.07, 6.45) is 3.24. The summed E-state index contributed by atoms with van der Waals surface area (Å²) < 4.78 is 11.6. The molecular weight excluding hydrogens is 260 g/mol. The molecule has 5 heteroatoms. The van der Waals surface area contributed by atoms with Gasteiger partial charge in [-0.05, 0) is 32.1 Å². The van der Waals surface area contributed by atoms with Gasteiger partial charge in [0.05, 0.1) is 5.92 Å². The van der Waals surface area contributed by atoms with Crippen molar-refractivity contribution < 1.29 is 24.0 Å². The van der Waals surface area contributed by atoms with E-state index in [2.05, 4.69) is 6.92 Å². The van der Waals surface area contributed by atoms with E-state index >= 15 is 0 Å². The number of hydrogen-bond donors (Lipinski definition) is 0. The van der Waals surface area contributed by atoms with Gasteiger partial charge < -0.3 is 9.47 Å². The molecule has 2 bridgehead atoms. The Kier molecular flexibility index (Phi) is 2.58. The summed E-state index contributed by atoms with van der Waals surface area (Å²) in [5.74, 6) is -0.137. The number of ether oxygens (including phenoxy) is 2. The van der Waals surface area contributed by atoms with Crippen molar-refractivity contribution in [3.05, 3.63) is 0 Å². The molecule has 5 aliphatic rings. The Morgan fingerprint density at radius 3 is 2.70 bits per heavy atom. The van der Waals surface area contributed by atoms with Crippen molar-refractivity contribution in [2.75, 3.05) is 0 Å². The lowest BCUT2D eigenvalue weighted by Crippen LogP contribution is -2.69. The standard InChI is InChI=1S/C15H22O5/c1-8-4-5-11-9(2)12(16)17-13-15(11)10(8)6-7-14(3,18-13)19-20-15/h8-11,13H,4-7H2,1-3H3/t8-,9+,10-,11-,13+,14-,15-/m1/s1. The van der Waals surface area contributed by atoms with E-state index < -0.39 is 17.7 Å². The maximum atomic E-state index is 12.1. The minimum absolute atomic E-state index is 0.123. The summed E-state index contributed by atoms with van der Waals surface area (Å²) in [5.41, 5.74) is -0.610. The van der Waals surface area contributed by atoms with E-state index in [1.54, 1.807) is 0 Å². The Morgan fingerprint density at radius 2 is 1.90 bits per heavy atom. The molecule has 5 fully saturated rings. The van der Waals surface area contributed by atoms with Crippen LogP contribution in [0.25, 0.3) is 0 Å². The van der Waals surface area contributed by atoms with Crippen LogP contribution in [0.4, 0.5) is 0 Å². The van der Waals surface area contributed by atoms with E-state index in [-0.39, 0.29) is 17.8 Å². The number of carbonyl (C=O) groups excluding carboxylic acids is 1. The first-order valence-corrected chi connectivity index (χ1v) is 7.71. The van der Waals surface area contributed by atoms with Crippen molar-refractivity contribution in [3.8, 4) is 0 Å². The van der Waals surface area contributed by atoms with Crippen LogP contribution in [0.3, 0.4) is 0 Å². The third kappa shape index (κ3) is 1.46. The van der Waals surface area contributed by atoms with E-state index in [1.807, 2.05) is 13.8 Å². The Bertz CT molecular complexity index is 452. The van der Waals surface area contributed by atoms with Gasteiger partial charge in [0.25, 0.3) is 0 Å². The lowest BCUT2D eigenvalue weighted by molar-refractivity contribution is -0.559. The highest BCUT2D eigenvalue weighted by atomic mass is 17.3. The predicted octanol–water partition coefficient (Wildman–Crippen LogP) is 2.39. The Hall–Kier alpha value is -0.650. The molecule has 1 aliphatic carbocycles. The Morgan fingerprint density at radius 1 is 1.10 bits per heavy atom. The molecule has 0 aromatic rings. The number of hydrogen-bond acceptors (Lipinski definition) is 5. The molecule has 20 heavy (non-hydrogen) atoms. The van der Waals surface area contributed by atoms with Gasteiger partial charge in [-0.3, -0.25) is 4.79 Å². The lowest BCUT2D eigenvalue weighted by Gasteiger charge is -2.57. The first kappa shape index (κ1) is 13.0. The van der Waals surface area contributed by atoms with Gasteiger partial charge in [-0.15, -0.1) is 0 Å². The topological polar surface area (TPSA) is 54.0 Å². The van der Waals surface area contributed by atoms with E-state index in [0.717, 1.165) is 25.7 Å². The molecule has 1 spiro atoms. The largest absolute Gasteiger partial charge is 0.432 e. The van der Waals surface area contributed by atoms with Gasteiger partial charge >= 0.3 is 5.97 Å². The second kappa shape index (κ2) is 3.96. The maximum absolute atomic E-state index is 12.1. The third-order valence-electron chi connectivity index (χ3n) is 5.97. The lowest BCUT2D eigenvalue weighted by atomic mass is 9.58. The molecule has 1 saturated carbocycles. The van der Waals surface area contributed by atoms with E-state index in [9.17, 15) is 4.79 Å². The maximum Gasteiger partial charge on any atom is 0.311 e. The van der Waals surface area contributed by atoms with Crippen LogP contribution in [0.15, 0.2) is 0 Å². The molecule has 0 aromatic carbocycles. The molecule has 112 valence electrons. The molecule has 0 aromatic heterocycles. The van der Waals surface area contributed by atoms with Gasteiger partial charge in [0.1, 0.15) is 0 Å². The highest BCUT2D eigenvalue weighted by molar-refractivity contribution is 5.74. The van der Waals surface area contributed by atoms with Gasteiger partial charge in [-0.25, -0.2) is 9.78 Å². The van der Waals surface area contributed by atoms with Crippen molar-refractivity contribution in [3.63, 3.8) is 0 Å². The van der Waals surface area contributed by atoms with Crippen molar-refractivity contribution >= 4 is 5.97 Å². The monoisotopic (exact) mass is 282 g/mol. The zero-order valence-corrected chi connectivity index (χ0v) is 12.3. The van der Waals surface area contributed by atoms with Crippen LogP contribution in [-0.4, -0.2) is 23.6 Å². The first-order valence-electron chi connectivity index (χ1n) is 7.71. The average molecular weight is 282 g/mol. The fourth-order valence-corrected chi connectivity index (χ4v) is 4.76. The second-order valence-corrected chi connectivity index (χ2v) is 7.14. The Balaban J connectivity index is 1.84. The van der Waals surface area contributed by atoms with Gasteiger partial charge in [0, 0.05) is 18.3 Å². The molecule has 0 unspecified atom stereocenters. The highest BCUT2D eigenvalue weighted by Crippen LogP contribution is 2.59. The van der Waals surface area contributed by atoms with Crippen molar-refractivity contribution in [1.82, 2.24) is 0 Å². The van der Waals surface area contributed by atoms with Gasteiger partial charge in [-0.2, -0.15) is 0 Å². The molecule has 5 rings (SSSR count). The normalized spacial score (nSPS) is 57.8. The van der Waals surface area contributed by atoms with Crippen LogP contribution in [0.1, 0.15) is 46.5 Å². The number of carbonyl (C=O) groups is 1. The summed E-state index contributed by atoms with van der Waals surface area (Å²) in [4.78, 5) is 23.7. The summed E-state index contributed by atoms with van der Waals surface area (Å²) in [7, 11) is 0. The molecule has 0 N–H and O–H groups in total. The highest BCUT2D eigenvalue weighted by Gasteiger charge is 2.69. The molecule has 7 atom stereocenters. The van der Waals surface area contributed by atoms with E-state index in [4.69, 9.17) is 19.2 Å². The van der Waals surface area contributed by atoms with Crippen molar-refractivity contribution in [2.45, 2.75) is 64.1 Å². The molecule has 4 heterocycles. The summed E-state index contributed by atoms with van der Waals surface area (Å²) >= 11 is 0. The van der Waals surface area contributed by atoms with Crippen LogP contribution in [0.2, 0.25) is 0 Å². The van der Waals surface area contributed by atoms with Crippen LogP contribution in [0, 0.1) is 23.7 Å². The van der Waals surface area contributed by atoms with Gasteiger partial charge in [0.2, 0.25) is 12.1 Å². The molecule has 4 saturated heterocycles. The SMILES string of the molecule is C[C@@H]1CC[C@@H]2[C@H](C)C(=O)O[C@H]3O[C@@]4(C)CC[C@H]1[C@]32OO4. The van der Waals surface area contributed by atoms with E-state index in [0.29, 0.717) is 11.8 Å². The molecule has 0 radical (unpaired) electrons. The molecule has 5 nitrogen and oxygen atoms in total. The van der Waals surface area contributed by atoms with Crippen LogP contribution >= 0.6 is 0 Å². The first-order chi connectivity index (χ1) is 9.46. The predicted molar refractivity (Wildman–Crippen MR) is 68.0 cm³/mol. The second-order valence-electron chi connectivity index (χ2n) is 7.14. The van der Waals surface area contributed by atoms with Gasteiger partial charge in [-0.1, -0.05) is 13.8 Å². The van der Waals surface area contributed by atoms with Crippen LogP contribution < -0.4 is 0 Å². The zero-order valence-electron chi connectivity index (χ0n) is 12.3. The summed E-state index contributed by atoms with van der Waals surface area (Å²) in [6.45, 7) is 6.06. The number of rotatable bonds is 0. The Labute approximate surface area is 118 Å². The fourth-order valence-electron chi connectivity index (χ4n) is 4.76. The minimum atomic E-state index is -0.793. The summed E-state index contributed by atoms with van der Waals surface area (Å²) in [6, 6.07) is 0. The van der Waals surface area contributed by atoms with Gasteiger partial charge in [0.15, 0.2) is 5.60 Å². The number of esters is 1. The van der Waals surface area contributed by atoms with Crippen molar-refractivity contribution in [1.29, 1.82) is 0 Å². The minimum Gasteiger partial charge on any atom is -0.432 e. The quantitative estimate of drug-likeness (QED) is 0.504. The molecule has 0 amide bonds. The summed E-state index contributed by atoms with van der Waals surface area (Å²) in [5, 5.41) is 0. The smallest absolute Gasteiger partial charge is 0.311 e. The van der Waals surface area contributed by atoms with Crippen molar-refractivity contribution in [2.24, 2.45) is 23.7 Å². The number of fused-ring (bicyclic) bond motifs is 2. The zero-order chi connectivity index (χ0) is 14.1. The average Bonchev–Trinajstić information content (AvgIpc) is 2.63. The van der Waals surface area contributed by atoms with Crippen LogP contribution in [-0.2, 0) is 24.0 Å². The molecule has 4 aliphatic heterocycles. The van der Waals surface area contributed by atoms with Crippen LogP contribution in [0.5, 0.6) is 0 Å².